The second kappa shape index (κ2) is 11.1. The molecule has 0 amide bonds. The van der Waals surface area contributed by atoms with Crippen molar-refractivity contribution in [2.45, 2.75) is 25.8 Å². The van der Waals surface area contributed by atoms with Crippen LogP contribution in [0.25, 0.3) is 0 Å². The number of rotatable bonds is 8. The first-order valence-corrected chi connectivity index (χ1v) is 8.99. The van der Waals surface area contributed by atoms with Crippen molar-refractivity contribution < 1.29 is 9.13 Å². The molecule has 1 aliphatic carbocycles. The predicted octanol–water partition coefficient (Wildman–Crippen LogP) is 3.54. The average Bonchev–Trinajstić information content (AvgIpc) is 3.49. The number of nitrogens with one attached hydrogen (secondary N) is 2. The molecule has 0 aliphatic heterocycles. The van der Waals surface area contributed by atoms with E-state index in [9.17, 15) is 4.39 Å². The SMILES string of the molecule is CN=C(NCCc1ccc(F)cc1)NCc1ccnc(OCC2CC2)c1.I. The van der Waals surface area contributed by atoms with Crippen molar-refractivity contribution in [1.82, 2.24) is 15.6 Å². The topological polar surface area (TPSA) is 58.5 Å². The summed E-state index contributed by atoms with van der Waals surface area (Å²) >= 11 is 0. The fraction of sp³-hybridized carbons (Fsp3) is 0.400. The molecule has 2 N–H and O–H groups in total. The third kappa shape index (κ3) is 7.70. The van der Waals surface area contributed by atoms with Gasteiger partial charge in [-0.15, -0.1) is 24.0 Å². The summed E-state index contributed by atoms with van der Waals surface area (Å²) in [5, 5.41) is 6.55. The van der Waals surface area contributed by atoms with Crippen LogP contribution in [0.15, 0.2) is 47.6 Å². The second-order valence-corrected chi connectivity index (χ2v) is 6.49. The zero-order chi connectivity index (χ0) is 18.2. The third-order valence-electron chi connectivity index (χ3n) is 4.27. The number of aliphatic imine (C=N–C) groups is 1. The summed E-state index contributed by atoms with van der Waals surface area (Å²) in [7, 11) is 1.74. The highest BCUT2D eigenvalue weighted by Gasteiger charge is 2.22. The fourth-order valence-electron chi connectivity index (χ4n) is 2.51. The molecule has 0 saturated heterocycles. The Kier molecular flexibility index (Phi) is 8.77. The van der Waals surface area contributed by atoms with Gasteiger partial charge in [-0.1, -0.05) is 12.1 Å². The maximum Gasteiger partial charge on any atom is 0.213 e. The molecule has 0 spiro atoms. The maximum atomic E-state index is 12.9. The predicted molar refractivity (Wildman–Crippen MR) is 116 cm³/mol. The number of hydrogen-bond donors (Lipinski definition) is 2. The summed E-state index contributed by atoms with van der Waals surface area (Å²) in [4.78, 5) is 8.48. The number of aromatic nitrogens is 1. The van der Waals surface area contributed by atoms with E-state index in [0.717, 1.165) is 36.7 Å². The highest BCUT2D eigenvalue weighted by atomic mass is 127. The van der Waals surface area contributed by atoms with E-state index in [0.29, 0.717) is 18.3 Å². The van der Waals surface area contributed by atoms with Crippen LogP contribution in [0.4, 0.5) is 4.39 Å². The van der Waals surface area contributed by atoms with Crippen molar-refractivity contribution in [1.29, 1.82) is 0 Å². The molecule has 1 fully saturated rings. The van der Waals surface area contributed by atoms with Crippen LogP contribution in [0.3, 0.4) is 0 Å². The minimum absolute atomic E-state index is 0. The molecular formula is C20H26FIN4O. The Morgan fingerprint density at radius 2 is 1.96 bits per heavy atom. The van der Waals surface area contributed by atoms with E-state index in [4.69, 9.17) is 4.74 Å². The third-order valence-corrected chi connectivity index (χ3v) is 4.27. The summed E-state index contributed by atoms with van der Waals surface area (Å²) in [6.45, 7) is 2.12. The van der Waals surface area contributed by atoms with Crippen LogP contribution < -0.4 is 15.4 Å². The van der Waals surface area contributed by atoms with Gasteiger partial charge in [0.25, 0.3) is 0 Å². The molecule has 1 aromatic carbocycles. The van der Waals surface area contributed by atoms with Gasteiger partial charge >= 0.3 is 0 Å². The summed E-state index contributed by atoms with van der Waals surface area (Å²) in [5.41, 5.74) is 2.17. The summed E-state index contributed by atoms with van der Waals surface area (Å²) < 4.78 is 18.6. The Morgan fingerprint density at radius 1 is 1.19 bits per heavy atom. The van der Waals surface area contributed by atoms with Gasteiger partial charge in [-0.05, 0) is 54.5 Å². The number of ether oxygens (including phenoxy) is 1. The molecule has 5 nitrogen and oxygen atoms in total. The lowest BCUT2D eigenvalue weighted by Gasteiger charge is -2.12. The molecule has 27 heavy (non-hydrogen) atoms. The first kappa shape index (κ1) is 21.4. The lowest BCUT2D eigenvalue weighted by Crippen LogP contribution is -2.37. The van der Waals surface area contributed by atoms with Gasteiger partial charge in [0.1, 0.15) is 5.82 Å². The van der Waals surface area contributed by atoms with Crippen molar-refractivity contribution in [2.75, 3.05) is 20.2 Å². The lowest BCUT2D eigenvalue weighted by molar-refractivity contribution is 0.288. The summed E-state index contributed by atoms with van der Waals surface area (Å²) in [6.07, 6.45) is 5.10. The molecule has 1 aliphatic rings. The van der Waals surface area contributed by atoms with Crippen LogP contribution in [0.2, 0.25) is 0 Å². The van der Waals surface area contributed by atoms with E-state index in [-0.39, 0.29) is 29.8 Å². The number of nitrogens with zero attached hydrogens (tertiary/aromatic N) is 2. The van der Waals surface area contributed by atoms with Crippen molar-refractivity contribution in [3.05, 3.63) is 59.5 Å². The zero-order valence-corrected chi connectivity index (χ0v) is 17.8. The number of halogens is 2. The lowest BCUT2D eigenvalue weighted by atomic mass is 10.1. The normalized spacial score (nSPS) is 13.6. The van der Waals surface area contributed by atoms with Crippen molar-refractivity contribution in [3.8, 4) is 5.88 Å². The van der Waals surface area contributed by atoms with Crippen LogP contribution in [0.1, 0.15) is 24.0 Å². The van der Waals surface area contributed by atoms with E-state index in [1.165, 1.54) is 25.0 Å². The summed E-state index contributed by atoms with van der Waals surface area (Å²) in [6, 6.07) is 10.5. The standard InChI is InChI=1S/C20H25FN4O.HI/c1-22-20(24-11-8-15-4-6-18(21)7-5-15)25-13-17-9-10-23-19(12-17)26-14-16-2-3-16;/h4-7,9-10,12,16H,2-3,8,11,13-14H2,1H3,(H2,22,24,25);1H. The van der Waals surface area contributed by atoms with Gasteiger partial charge in [-0.3, -0.25) is 4.99 Å². The molecule has 1 saturated carbocycles. The number of benzene rings is 1. The smallest absolute Gasteiger partial charge is 0.213 e. The monoisotopic (exact) mass is 484 g/mol. The van der Waals surface area contributed by atoms with Gasteiger partial charge in [-0.25, -0.2) is 9.37 Å². The van der Waals surface area contributed by atoms with Gasteiger partial charge in [0, 0.05) is 32.4 Å². The fourth-order valence-corrected chi connectivity index (χ4v) is 2.51. The van der Waals surface area contributed by atoms with Gasteiger partial charge in [0.05, 0.1) is 6.61 Å². The van der Waals surface area contributed by atoms with Gasteiger partial charge in [0.15, 0.2) is 5.96 Å². The highest BCUT2D eigenvalue weighted by Crippen LogP contribution is 2.29. The molecule has 2 aromatic rings. The van der Waals surface area contributed by atoms with Crippen LogP contribution in [0.5, 0.6) is 5.88 Å². The zero-order valence-electron chi connectivity index (χ0n) is 15.5. The van der Waals surface area contributed by atoms with E-state index in [1.54, 1.807) is 25.4 Å². The first-order chi connectivity index (χ1) is 12.7. The molecule has 146 valence electrons. The molecular weight excluding hydrogens is 458 g/mol. The Labute approximate surface area is 176 Å². The van der Waals surface area contributed by atoms with Crippen LogP contribution in [-0.4, -0.2) is 31.1 Å². The van der Waals surface area contributed by atoms with E-state index < -0.39 is 0 Å². The van der Waals surface area contributed by atoms with Gasteiger partial charge in [-0.2, -0.15) is 0 Å². The van der Waals surface area contributed by atoms with Crippen molar-refractivity contribution in [2.24, 2.45) is 10.9 Å². The first-order valence-electron chi connectivity index (χ1n) is 8.99. The van der Waals surface area contributed by atoms with E-state index in [1.807, 2.05) is 12.1 Å². The number of hydrogen-bond acceptors (Lipinski definition) is 3. The Hall–Kier alpha value is -1.90. The minimum Gasteiger partial charge on any atom is -0.477 e. The second-order valence-electron chi connectivity index (χ2n) is 6.49. The van der Waals surface area contributed by atoms with E-state index >= 15 is 0 Å². The quantitative estimate of drug-likeness (QED) is 0.342. The molecule has 1 aromatic heterocycles. The molecule has 1 heterocycles. The molecule has 0 radical (unpaired) electrons. The number of pyridine rings is 1. The van der Waals surface area contributed by atoms with E-state index in [2.05, 4.69) is 20.6 Å². The molecule has 0 bridgehead atoms. The van der Waals surface area contributed by atoms with Crippen molar-refractivity contribution in [3.63, 3.8) is 0 Å². The Bertz CT molecular complexity index is 735. The largest absolute Gasteiger partial charge is 0.477 e. The molecule has 7 heteroatoms. The van der Waals surface area contributed by atoms with Crippen LogP contribution in [0, 0.1) is 11.7 Å². The molecule has 0 atom stereocenters. The Morgan fingerprint density at radius 3 is 2.67 bits per heavy atom. The molecule has 0 unspecified atom stereocenters. The van der Waals surface area contributed by atoms with Crippen LogP contribution in [-0.2, 0) is 13.0 Å². The van der Waals surface area contributed by atoms with Gasteiger partial charge in [0.2, 0.25) is 5.88 Å². The molecule has 3 rings (SSSR count). The van der Waals surface area contributed by atoms with Crippen LogP contribution >= 0.6 is 24.0 Å². The Balaban J connectivity index is 0.00000261. The highest BCUT2D eigenvalue weighted by molar-refractivity contribution is 14.0. The average molecular weight is 484 g/mol. The maximum absolute atomic E-state index is 12.9. The minimum atomic E-state index is -0.211. The number of guanidine groups is 1. The van der Waals surface area contributed by atoms with Gasteiger partial charge < -0.3 is 15.4 Å². The summed E-state index contributed by atoms with van der Waals surface area (Å²) in [5.74, 6) is 1.90. The van der Waals surface area contributed by atoms with Crippen molar-refractivity contribution >= 4 is 29.9 Å².